The molecule has 4 aromatic rings. The number of aliphatic hydroxyl groups is 1. The van der Waals surface area contributed by atoms with Gasteiger partial charge >= 0.3 is 0 Å². The van der Waals surface area contributed by atoms with Crippen molar-refractivity contribution < 1.29 is 14.9 Å². The van der Waals surface area contributed by atoms with Gasteiger partial charge in [0.15, 0.2) is 22.9 Å². The first-order valence-corrected chi connectivity index (χ1v) is 9.87. The predicted molar refractivity (Wildman–Crippen MR) is 120 cm³/mol. The zero-order valence-corrected chi connectivity index (χ0v) is 17.5. The van der Waals surface area contributed by atoms with Crippen LogP contribution in [0.5, 0.6) is 11.5 Å². The number of rotatable bonds is 6. The third-order valence-electron chi connectivity index (χ3n) is 4.88. The van der Waals surface area contributed by atoms with Crippen molar-refractivity contribution in [2.45, 2.75) is 5.60 Å². The number of aromatic amines is 1. The molecule has 156 valence electrons. The fraction of sp³-hybridized carbons (Fsp3) is 0.0870. The van der Waals surface area contributed by atoms with Gasteiger partial charge in [-0.05, 0) is 47.1 Å². The number of methoxy groups -OCH3 is 1. The van der Waals surface area contributed by atoms with Gasteiger partial charge in [-0.15, -0.1) is 0 Å². The molecule has 1 aromatic heterocycles. The Balaban J connectivity index is 1.85. The van der Waals surface area contributed by atoms with Gasteiger partial charge in [-0.3, -0.25) is 0 Å². The maximum atomic E-state index is 12.0. The molecule has 0 unspecified atom stereocenters. The smallest absolute Gasteiger partial charge is 0.216 e. The number of phenolic OH excluding ortho intramolecular Hbond substituents is 1. The largest absolute Gasteiger partial charge is 0.504 e. The first-order valence-electron chi connectivity index (χ1n) is 9.46. The Morgan fingerprint density at radius 1 is 1.03 bits per heavy atom. The van der Waals surface area contributed by atoms with Crippen LogP contribution in [-0.2, 0) is 5.60 Å². The van der Waals surface area contributed by atoms with Crippen LogP contribution < -0.4 is 4.74 Å². The van der Waals surface area contributed by atoms with Crippen LogP contribution in [-0.4, -0.2) is 38.4 Å². The van der Waals surface area contributed by atoms with Crippen molar-refractivity contribution in [2.75, 3.05) is 7.11 Å². The number of benzene rings is 3. The molecule has 31 heavy (non-hydrogen) atoms. The summed E-state index contributed by atoms with van der Waals surface area (Å²) in [4.78, 5) is 0. The molecule has 0 amide bonds. The summed E-state index contributed by atoms with van der Waals surface area (Å²) in [7, 11) is 1.47. The van der Waals surface area contributed by atoms with Crippen molar-refractivity contribution in [3.8, 4) is 11.5 Å². The molecule has 3 aromatic carbocycles. The second-order valence-corrected chi connectivity index (χ2v) is 7.17. The molecule has 4 rings (SSSR count). The van der Waals surface area contributed by atoms with Crippen molar-refractivity contribution in [3.63, 3.8) is 0 Å². The van der Waals surface area contributed by atoms with Crippen molar-refractivity contribution in [1.29, 1.82) is 0 Å². The summed E-state index contributed by atoms with van der Waals surface area (Å²) in [6.45, 7) is 0. The van der Waals surface area contributed by atoms with E-state index in [-0.39, 0.29) is 16.3 Å². The highest BCUT2D eigenvalue weighted by Gasteiger charge is 2.39. The molecule has 0 atom stereocenters. The quantitative estimate of drug-likeness (QED) is 0.318. The third-order valence-corrected chi connectivity index (χ3v) is 5.15. The number of H-pyrrole nitrogens is 1. The Morgan fingerprint density at radius 3 is 2.23 bits per heavy atom. The second-order valence-electron chi connectivity index (χ2n) is 6.78. The summed E-state index contributed by atoms with van der Waals surface area (Å²) in [6.07, 6.45) is 1.55. The van der Waals surface area contributed by atoms with Crippen LogP contribution >= 0.6 is 12.2 Å². The van der Waals surface area contributed by atoms with Gasteiger partial charge in [-0.25, -0.2) is 5.10 Å². The van der Waals surface area contributed by atoms with Crippen LogP contribution in [0.2, 0.25) is 0 Å². The molecule has 8 heteroatoms. The highest BCUT2D eigenvalue weighted by Crippen LogP contribution is 2.35. The van der Waals surface area contributed by atoms with Crippen molar-refractivity contribution in [3.05, 3.63) is 106 Å². The average molecular weight is 433 g/mol. The average Bonchev–Trinajstić information content (AvgIpc) is 3.19. The molecule has 7 nitrogen and oxygen atoms in total. The molecule has 0 aliphatic rings. The van der Waals surface area contributed by atoms with Gasteiger partial charge in [0, 0.05) is 0 Å². The van der Waals surface area contributed by atoms with Crippen molar-refractivity contribution in [2.24, 2.45) is 5.10 Å². The normalized spacial score (nSPS) is 11.7. The van der Waals surface area contributed by atoms with E-state index in [0.717, 1.165) is 0 Å². The van der Waals surface area contributed by atoms with Crippen LogP contribution in [0.15, 0.2) is 84.0 Å². The third kappa shape index (κ3) is 3.86. The predicted octanol–water partition coefficient (Wildman–Crippen LogP) is 3.82. The molecule has 0 aliphatic carbocycles. The highest BCUT2D eigenvalue weighted by atomic mass is 32.1. The topological polar surface area (TPSA) is 95.7 Å². The van der Waals surface area contributed by atoms with Crippen molar-refractivity contribution in [1.82, 2.24) is 14.9 Å². The number of aromatic hydroxyl groups is 1. The maximum Gasteiger partial charge on any atom is 0.216 e. The standard InChI is InChI=1S/C23H20N4O3S/c1-30-20-14-16(12-13-19(20)28)15-24-27-21(25-26-22(27)31)23(29,17-8-4-2-5-9-17)18-10-6-3-7-11-18/h2-15,28-29H,1H3,(H,26,31)/b24-15+. The zero-order valence-electron chi connectivity index (χ0n) is 16.6. The molecular formula is C23H20N4O3S. The lowest BCUT2D eigenvalue weighted by Gasteiger charge is -2.27. The second kappa shape index (κ2) is 8.55. The fourth-order valence-electron chi connectivity index (χ4n) is 3.32. The van der Waals surface area contributed by atoms with E-state index in [9.17, 15) is 10.2 Å². The molecule has 1 heterocycles. The zero-order chi connectivity index (χ0) is 21.8. The van der Waals surface area contributed by atoms with E-state index in [2.05, 4.69) is 15.3 Å². The van der Waals surface area contributed by atoms with Crippen LogP contribution in [0.1, 0.15) is 22.5 Å². The summed E-state index contributed by atoms with van der Waals surface area (Å²) in [6, 6.07) is 23.3. The van der Waals surface area contributed by atoms with E-state index in [1.165, 1.54) is 17.9 Å². The van der Waals surface area contributed by atoms with Gasteiger partial charge in [0.05, 0.1) is 13.3 Å². The van der Waals surface area contributed by atoms with Gasteiger partial charge in [0.1, 0.15) is 0 Å². The van der Waals surface area contributed by atoms with Gasteiger partial charge < -0.3 is 14.9 Å². The van der Waals surface area contributed by atoms with E-state index in [0.29, 0.717) is 22.4 Å². The lowest BCUT2D eigenvalue weighted by Crippen LogP contribution is -2.32. The fourth-order valence-corrected chi connectivity index (χ4v) is 3.49. The van der Waals surface area contributed by atoms with E-state index < -0.39 is 5.60 Å². The summed E-state index contributed by atoms with van der Waals surface area (Å²) < 4.78 is 6.75. The van der Waals surface area contributed by atoms with Crippen molar-refractivity contribution >= 4 is 18.4 Å². The summed E-state index contributed by atoms with van der Waals surface area (Å²) in [5, 5.41) is 33.3. The minimum absolute atomic E-state index is 0.0304. The number of phenols is 1. The monoisotopic (exact) mass is 432 g/mol. The summed E-state index contributed by atoms with van der Waals surface area (Å²) >= 11 is 5.38. The Hall–Kier alpha value is -3.75. The minimum Gasteiger partial charge on any atom is -0.504 e. The van der Waals surface area contributed by atoms with E-state index in [1.807, 2.05) is 60.7 Å². The van der Waals surface area contributed by atoms with Crippen LogP contribution in [0, 0.1) is 4.77 Å². The van der Waals surface area contributed by atoms with Crippen LogP contribution in [0.3, 0.4) is 0 Å². The lowest BCUT2D eigenvalue weighted by atomic mass is 9.85. The SMILES string of the molecule is COc1cc(/C=N/n2c(C(O)(c3ccccc3)c3ccccc3)n[nH]c2=S)ccc1O. The number of hydrogen-bond acceptors (Lipinski definition) is 6. The van der Waals surface area contributed by atoms with Crippen LogP contribution in [0.4, 0.5) is 0 Å². The number of nitrogens with zero attached hydrogens (tertiary/aromatic N) is 3. The molecule has 3 N–H and O–H groups in total. The molecule has 0 bridgehead atoms. The Bertz CT molecular complexity index is 1230. The van der Waals surface area contributed by atoms with Gasteiger partial charge in [-0.2, -0.15) is 14.9 Å². The number of hydrogen-bond donors (Lipinski definition) is 3. The first-order chi connectivity index (χ1) is 15.0. The molecule has 0 spiro atoms. The Morgan fingerprint density at radius 2 is 1.65 bits per heavy atom. The summed E-state index contributed by atoms with van der Waals surface area (Å²) in [5.41, 5.74) is 0.322. The molecule has 0 fully saturated rings. The highest BCUT2D eigenvalue weighted by molar-refractivity contribution is 7.71. The maximum absolute atomic E-state index is 12.0. The first kappa shape index (κ1) is 20.5. The Kier molecular flexibility index (Phi) is 5.66. The molecule has 0 radical (unpaired) electrons. The van der Waals surface area contributed by atoms with Gasteiger partial charge in [0.25, 0.3) is 0 Å². The van der Waals surface area contributed by atoms with Crippen LogP contribution in [0.25, 0.3) is 0 Å². The van der Waals surface area contributed by atoms with E-state index in [4.69, 9.17) is 17.0 Å². The number of ether oxygens (including phenoxy) is 1. The van der Waals surface area contributed by atoms with Gasteiger partial charge in [-0.1, -0.05) is 60.7 Å². The van der Waals surface area contributed by atoms with Gasteiger partial charge in [0.2, 0.25) is 4.77 Å². The van der Waals surface area contributed by atoms with E-state index >= 15 is 0 Å². The molecule has 0 aliphatic heterocycles. The number of aromatic nitrogens is 3. The molecule has 0 saturated carbocycles. The molecular weight excluding hydrogens is 412 g/mol. The Labute approximate surface area is 183 Å². The molecule has 0 saturated heterocycles. The summed E-state index contributed by atoms with van der Waals surface area (Å²) in [5.74, 6) is 0.574. The number of nitrogens with one attached hydrogen (secondary N) is 1. The minimum atomic E-state index is -1.60. The lowest BCUT2D eigenvalue weighted by molar-refractivity contribution is 0.111. The van der Waals surface area contributed by atoms with E-state index in [1.54, 1.807) is 18.3 Å².